The maximum Gasteiger partial charge on any atom is 0.409 e. The summed E-state index contributed by atoms with van der Waals surface area (Å²) >= 11 is 0. The Morgan fingerprint density at radius 3 is 2.68 bits per heavy atom. The van der Waals surface area contributed by atoms with Crippen LogP contribution in [-0.2, 0) is 4.74 Å². The van der Waals surface area contributed by atoms with E-state index in [1.807, 2.05) is 11.8 Å². The fourth-order valence-electron chi connectivity index (χ4n) is 3.28. The van der Waals surface area contributed by atoms with Gasteiger partial charge in [-0.15, -0.1) is 0 Å². The number of ether oxygens (including phenoxy) is 1. The van der Waals surface area contributed by atoms with Crippen molar-refractivity contribution in [3.05, 3.63) is 0 Å². The van der Waals surface area contributed by atoms with Crippen LogP contribution in [0.5, 0.6) is 0 Å². The lowest BCUT2D eigenvalue weighted by Crippen LogP contribution is -2.49. The highest BCUT2D eigenvalue weighted by Gasteiger charge is 2.30. The predicted molar refractivity (Wildman–Crippen MR) is 74.9 cm³/mol. The quantitative estimate of drug-likeness (QED) is 0.808. The average Bonchev–Trinajstić information content (AvgIpc) is 2.87. The Bertz CT molecular complexity index is 290. The minimum absolute atomic E-state index is 0.165. The van der Waals surface area contributed by atoms with Gasteiger partial charge in [0.1, 0.15) is 0 Å². The number of carbonyl (C=O) groups is 1. The molecular formula is C14H27N3O2. The first-order chi connectivity index (χ1) is 9.24. The summed E-state index contributed by atoms with van der Waals surface area (Å²) in [6.45, 7) is 4.70. The van der Waals surface area contributed by atoms with Gasteiger partial charge in [-0.2, -0.15) is 0 Å². The molecule has 2 rings (SSSR count). The molecule has 0 spiro atoms. The third-order valence-electron chi connectivity index (χ3n) is 4.43. The predicted octanol–water partition coefficient (Wildman–Crippen LogP) is 1.32. The van der Waals surface area contributed by atoms with Crippen molar-refractivity contribution in [3.8, 4) is 0 Å². The number of piperidine rings is 1. The molecule has 0 radical (unpaired) electrons. The first-order valence-corrected chi connectivity index (χ1v) is 7.62. The molecule has 5 nitrogen and oxygen atoms in total. The number of likely N-dealkylation sites (tertiary alicyclic amines) is 1. The van der Waals surface area contributed by atoms with Gasteiger partial charge in [0.25, 0.3) is 0 Å². The van der Waals surface area contributed by atoms with Crippen LogP contribution in [0.25, 0.3) is 0 Å². The molecule has 1 aliphatic heterocycles. The Hall–Kier alpha value is -0.810. The smallest absolute Gasteiger partial charge is 0.409 e. The monoisotopic (exact) mass is 269 g/mol. The van der Waals surface area contributed by atoms with Crippen LogP contribution >= 0.6 is 0 Å². The van der Waals surface area contributed by atoms with E-state index in [0.29, 0.717) is 24.6 Å². The highest BCUT2D eigenvalue weighted by molar-refractivity contribution is 5.67. The zero-order valence-electron chi connectivity index (χ0n) is 11.9. The number of hydrogen-bond donors (Lipinski definition) is 2. The lowest BCUT2D eigenvalue weighted by molar-refractivity contribution is 0.0937. The zero-order valence-corrected chi connectivity index (χ0v) is 11.9. The van der Waals surface area contributed by atoms with Crippen LogP contribution in [0.2, 0.25) is 0 Å². The summed E-state index contributed by atoms with van der Waals surface area (Å²) in [6, 6.07) is 1.12. The van der Waals surface area contributed by atoms with Crippen LogP contribution < -0.4 is 11.1 Å². The number of nitrogens with two attached hydrogens (primary N) is 1. The third kappa shape index (κ3) is 3.83. The molecule has 1 heterocycles. The van der Waals surface area contributed by atoms with Crippen molar-refractivity contribution < 1.29 is 9.53 Å². The van der Waals surface area contributed by atoms with E-state index in [4.69, 9.17) is 10.5 Å². The number of amides is 1. The summed E-state index contributed by atoms with van der Waals surface area (Å²) in [5.41, 5.74) is 5.82. The Morgan fingerprint density at radius 2 is 2.05 bits per heavy atom. The fraction of sp³-hybridized carbons (Fsp3) is 0.929. The lowest BCUT2D eigenvalue weighted by Gasteiger charge is -2.34. The van der Waals surface area contributed by atoms with Crippen molar-refractivity contribution in [2.24, 2.45) is 11.7 Å². The molecule has 0 aromatic rings. The van der Waals surface area contributed by atoms with Crippen molar-refractivity contribution in [3.63, 3.8) is 0 Å². The van der Waals surface area contributed by atoms with E-state index in [1.165, 1.54) is 19.3 Å². The molecule has 1 saturated carbocycles. The average molecular weight is 269 g/mol. The van der Waals surface area contributed by atoms with Gasteiger partial charge in [-0.1, -0.05) is 6.42 Å². The SMILES string of the molecule is CCOC(=O)N1CCC(NC2CCCC2CN)CC1. The van der Waals surface area contributed by atoms with E-state index in [1.54, 1.807) is 0 Å². The van der Waals surface area contributed by atoms with E-state index in [2.05, 4.69) is 5.32 Å². The van der Waals surface area contributed by atoms with Gasteiger partial charge in [0.05, 0.1) is 6.61 Å². The number of nitrogens with one attached hydrogen (secondary N) is 1. The minimum Gasteiger partial charge on any atom is -0.450 e. The largest absolute Gasteiger partial charge is 0.450 e. The molecule has 0 aromatic carbocycles. The van der Waals surface area contributed by atoms with Gasteiger partial charge in [-0.25, -0.2) is 4.79 Å². The molecule has 2 aliphatic rings. The number of carbonyl (C=O) groups excluding carboxylic acids is 1. The minimum atomic E-state index is -0.165. The molecule has 2 atom stereocenters. The Labute approximate surface area is 115 Å². The molecule has 1 amide bonds. The molecule has 3 N–H and O–H groups in total. The topological polar surface area (TPSA) is 67.6 Å². The summed E-state index contributed by atoms with van der Waals surface area (Å²) in [6.07, 6.45) is 5.68. The summed E-state index contributed by atoms with van der Waals surface area (Å²) in [5, 5.41) is 3.75. The van der Waals surface area contributed by atoms with Crippen LogP contribution in [0.3, 0.4) is 0 Å². The molecule has 2 fully saturated rings. The first kappa shape index (κ1) is 14.6. The molecule has 1 saturated heterocycles. The van der Waals surface area contributed by atoms with Gasteiger partial charge in [0, 0.05) is 25.2 Å². The molecule has 2 unspecified atom stereocenters. The maximum atomic E-state index is 11.6. The number of nitrogens with zero attached hydrogens (tertiary/aromatic N) is 1. The normalized spacial score (nSPS) is 28.6. The van der Waals surface area contributed by atoms with Gasteiger partial charge in [-0.3, -0.25) is 0 Å². The van der Waals surface area contributed by atoms with Crippen molar-refractivity contribution >= 4 is 6.09 Å². The number of rotatable bonds is 4. The van der Waals surface area contributed by atoms with Gasteiger partial charge in [-0.05, 0) is 45.1 Å². The second-order valence-corrected chi connectivity index (χ2v) is 5.66. The van der Waals surface area contributed by atoms with Gasteiger partial charge < -0.3 is 20.7 Å². The van der Waals surface area contributed by atoms with Gasteiger partial charge >= 0.3 is 6.09 Å². The zero-order chi connectivity index (χ0) is 13.7. The van der Waals surface area contributed by atoms with Crippen LogP contribution in [0.1, 0.15) is 39.0 Å². The van der Waals surface area contributed by atoms with E-state index < -0.39 is 0 Å². The molecule has 19 heavy (non-hydrogen) atoms. The van der Waals surface area contributed by atoms with Crippen LogP contribution in [0.15, 0.2) is 0 Å². The summed E-state index contributed by atoms with van der Waals surface area (Å²) in [5.74, 6) is 0.642. The first-order valence-electron chi connectivity index (χ1n) is 7.62. The van der Waals surface area contributed by atoms with Crippen LogP contribution in [-0.4, -0.2) is 49.3 Å². The standard InChI is InChI=1S/C14H27N3O2/c1-2-19-14(18)17-8-6-12(7-9-17)16-13-5-3-4-11(13)10-15/h11-13,16H,2-10,15H2,1H3. The Morgan fingerprint density at radius 1 is 1.32 bits per heavy atom. The fourth-order valence-corrected chi connectivity index (χ4v) is 3.28. The highest BCUT2D eigenvalue weighted by Crippen LogP contribution is 2.26. The molecule has 0 aromatic heterocycles. The Balaban J connectivity index is 1.73. The highest BCUT2D eigenvalue weighted by atomic mass is 16.6. The second-order valence-electron chi connectivity index (χ2n) is 5.66. The van der Waals surface area contributed by atoms with E-state index in [9.17, 15) is 4.79 Å². The van der Waals surface area contributed by atoms with E-state index in [0.717, 1.165) is 32.5 Å². The van der Waals surface area contributed by atoms with Crippen molar-refractivity contribution in [1.29, 1.82) is 0 Å². The lowest BCUT2D eigenvalue weighted by atomic mass is 9.99. The summed E-state index contributed by atoms with van der Waals surface area (Å²) < 4.78 is 5.03. The van der Waals surface area contributed by atoms with Crippen molar-refractivity contribution in [1.82, 2.24) is 10.2 Å². The summed E-state index contributed by atoms with van der Waals surface area (Å²) in [7, 11) is 0. The van der Waals surface area contributed by atoms with E-state index >= 15 is 0 Å². The van der Waals surface area contributed by atoms with Gasteiger partial charge in [0.15, 0.2) is 0 Å². The van der Waals surface area contributed by atoms with Crippen molar-refractivity contribution in [2.75, 3.05) is 26.2 Å². The second kappa shape index (κ2) is 7.10. The molecular weight excluding hydrogens is 242 g/mol. The summed E-state index contributed by atoms with van der Waals surface area (Å²) in [4.78, 5) is 13.4. The van der Waals surface area contributed by atoms with E-state index in [-0.39, 0.29) is 6.09 Å². The van der Waals surface area contributed by atoms with Crippen molar-refractivity contribution in [2.45, 2.75) is 51.1 Å². The molecule has 1 aliphatic carbocycles. The van der Waals surface area contributed by atoms with Crippen LogP contribution in [0.4, 0.5) is 4.79 Å². The third-order valence-corrected chi connectivity index (χ3v) is 4.43. The molecule has 5 heteroatoms. The van der Waals surface area contributed by atoms with Gasteiger partial charge in [0.2, 0.25) is 0 Å². The number of hydrogen-bond acceptors (Lipinski definition) is 4. The van der Waals surface area contributed by atoms with Crippen LogP contribution in [0, 0.1) is 5.92 Å². The molecule has 110 valence electrons. The molecule has 0 bridgehead atoms. The maximum absolute atomic E-state index is 11.6. The Kier molecular flexibility index (Phi) is 5.45.